The van der Waals surface area contributed by atoms with Gasteiger partial charge in [-0.15, -0.1) is 0 Å². The van der Waals surface area contributed by atoms with Crippen molar-refractivity contribution in [2.75, 3.05) is 11.9 Å². The summed E-state index contributed by atoms with van der Waals surface area (Å²) in [5.74, 6) is 0.937. The fraction of sp³-hybridized carbons (Fsp3) is 0.364. The first-order chi connectivity index (χ1) is 13.1. The van der Waals surface area contributed by atoms with Crippen molar-refractivity contribution in [3.8, 4) is 5.75 Å². The molecule has 140 valence electrons. The number of nitrogens with zero attached hydrogens (tertiary/aromatic N) is 1. The minimum absolute atomic E-state index is 0.00861. The lowest BCUT2D eigenvalue weighted by Gasteiger charge is -2.22. The van der Waals surface area contributed by atoms with Gasteiger partial charge >= 0.3 is 0 Å². The van der Waals surface area contributed by atoms with Crippen molar-refractivity contribution in [1.29, 1.82) is 0 Å². The largest absolute Gasteiger partial charge is 0.481 e. The number of hydrogen-bond acceptors (Lipinski definition) is 3. The number of rotatable bonds is 5. The molecule has 0 spiro atoms. The van der Waals surface area contributed by atoms with Crippen molar-refractivity contribution in [2.24, 2.45) is 5.92 Å². The zero-order chi connectivity index (χ0) is 18.8. The molecule has 0 radical (unpaired) electrons. The van der Waals surface area contributed by atoms with Gasteiger partial charge in [-0.05, 0) is 49.9 Å². The molecule has 5 heteroatoms. The fourth-order valence-corrected chi connectivity index (χ4v) is 3.37. The van der Waals surface area contributed by atoms with Crippen molar-refractivity contribution >= 4 is 17.5 Å². The number of anilines is 1. The number of amides is 2. The Bertz CT molecular complexity index is 846. The zero-order valence-corrected chi connectivity index (χ0v) is 15.5. The van der Waals surface area contributed by atoms with Crippen LogP contribution in [0.4, 0.5) is 5.69 Å². The third-order valence-corrected chi connectivity index (χ3v) is 5.11. The van der Waals surface area contributed by atoms with E-state index in [4.69, 9.17) is 4.74 Å². The van der Waals surface area contributed by atoms with Gasteiger partial charge in [-0.1, -0.05) is 30.3 Å². The smallest absolute Gasteiger partial charge is 0.263 e. The van der Waals surface area contributed by atoms with Crippen LogP contribution in [-0.4, -0.2) is 29.4 Å². The average molecular weight is 364 g/mol. The maximum absolute atomic E-state index is 12.7. The first-order valence-electron chi connectivity index (χ1n) is 9.53. The van der Waals surface area contributed by atoms with E-state index in [0.29, 0.717) is 18.8 Å². The first kappa shape index (κ1) is 17.6. The van der Waals surface area contributed by atoms with Gasteiger partial charge in [0.25, 0.3) is 5.91 Å². The fourth-order valence-electron chi connectivity index (χ4n) is 3.37. The van der Waals surface area contributed by atoms with Crippen LogP contribution in [-0.2, 0) is 22.6 Å². The van der Waals surface area contributed by atoms with Gasteiger partial charge in [0, 0.05) is 30.3 Å². The minimum atomic E-state index is -0.520. The topological polar surface area (TPSA) is 58.6 Å². The summed E-state index contributed by atoms with van der Waals surface area (Å²) >= 11 is 0. The Hall–Kier alpha value is -2.82. The Morgan fingerprint density at radius 1 is 1.19 bits per heavy atom. The van der Waals surface area contributed by atoms with E-state index in [9.17, 15) is 9.59 Å². The van der Waals surface area contributed by atoms with Crippen molar-refractivity contribution in [3.63, 3.8) is 0 Å². The molecule has 1 saturated carbocycles. The molecule has 1 aliphatic carbocycles. The summed E-state index contributed by atoms with van der Waals surface area (Å²) in [5, 5.41) is 2.97. The summed E-state index contributed by atoms with van der Waals surface area (Å²) in [7, 11) is 0. The number of benzene rings is 2. The molecule has 27 heavy (non-hydrogen) atoms. The SMILES string of the molecule is CC1Oc2ccc(NC(=O)C3CC3)cc2CN(CCc2ccccc2)C1=O. The van der Waals surface area contributed by atoms with Gasteiger partial charge in [-0.2, -0.15) is 0 Å². The maximum Gasteiger partial charge on any atom is 0.263 e. The van der Waals surface area contributed by atoms with E-state index in [0.717, 1.165) is 30.5 Å². The van der Waals surface area contributed by atoms with Crippen LogP contribution in [0, 0.1) is 5.92 Å². The predicted octanol–water partition coefficient (Wildman–Crippen LogP) is 3.39. The number of nitrogens with one attached hydrogen (secondary N) is 1. The number of fused-ring (bicyclic) bond motifs is 1. The minimum Gasteiger partial charge on any atom is -0.481 e. The normalized spacial score (nSPS) is 19.1. The van der Waals surface area contributed by atoms with Crippen molar-refractivity contribution in [3.05, 3.63) is 59.7 Å². The second kappa shape index (κ2) is 7.43. The molecular weight excluding hydrogens is 340 g/mol. The van der Waals surface area contributed by atoms with Gasteiger partial charge in [-0.25, -0.2) is 0 Å². The second-order valence-corrected chi connectivity index (χ2v) is 7.34. The van der Waals surface area contributed by atoms with E-state index in [-0.39, 0.29) is 17.7 Å². The molecule has 2 aromatic rings. The number of carbonyl (C=O) groups excluding carboxylic acids is 2. The Morgan fingerprint density at radius 3 is 2.70 bits per heavy atom. The van der Waals surface area contributed by atoms with E-state index in [2.05, 4.69) is 17.4 Å². The highest BCUT2D eigenvalue weighted by atomic mass is 16.5. The van der Waals surface area contributed by atoms with Gasteiger partial charge in [0.05, 0.1) is 0 Å². The Morgan fingerprint density at radius 2 is 1.96 bits per heavy atom. The summed E-state index contributed by atoms with van der Waals surface area (Å²) < 4.78 is 5.87. The zero-order valence-electron chi connectivity index (χ0n) is 15.5. The molecule has 1 fully saturated rings. The highest BCUT2D eigenvalue weighted by Gasteiger charge is 2.30. The van der Waals surface area contributed by atoms with Gasteiger partial charge in [0.2, 0.25) is 5.91 Å². The van der Waals surface area contributed by atoms with Crippen LogP contribution in [0.3, 0.4) is 0 Å². The van der Waals surface area contributed by atoms with Gasteiger partial charge in [0.15, 0.2) is 6.10 Å². The number of carbonyl (C=O) groups is 2. The quantitative estimate of drug-likeness (QED) is 0.885. The molecule has 2 aromatic carbocycles. The maximum atomic E-state index is 12.7. The van der Waals surface area contributed by atoms with Crippen LogP contribution in [0.5, 0.6) is 5.75 Å². The third kappa shape index (κ3) is 4.13. The molecule has 1 atom stereocenters. The lowest BCUT2D eigenvalue weighted by atomic mass is 10.1. The second-order valence-electron chi connectivity index (χ2n) is 7.34. The summed E-state index contributed by atoms with van der Waals surface area (Å²) in [6, 6.07) is 15.8. The average Bonchev–Trinajstić information content (AvgIpc) is 3.52. The molecule has 2 amide bonds. The summed E-state index contributed by atoms with van der Waals surface area (Å²) in [5.41, 5.74) is 2.89. The first-order valence-corrected chi connectivity index (χ1v) is 9.53. The van der Waals surface area contributed by atoms with Gasteiger partial charge < -0.3 is 15.0 Å². The molecule has 1 aliphatic heterocycles. The van der Waals surface area contributed by atoms with Crippen molar-refractivity contribution in [1.82, 2.24) is 4.90 Å². The lowest BCUT2D eigenvalue weighted by molar-refractivity contribution is -0.137. The summed E-state index contributed by atoms with van der Waals surface area (Å²) in [6.07, 6.45) is 2.22. The third-order valence-electron chi connectivity index (χ3n) is 5.11. The summed E-state index contributed by atoms with van der Waals surface area (Å²) in [6.45, 7) is 2.91. The molecule has 1 heterocycles. The molecule has 5 nitrogen and oxygen atoms in total. The monoisotopic (exact) mass is 364 g/mol. The molecule has 4 rings (SSSR count). The Balaban J connectivity index is 1.51. The molecule has 1 N–H and O–H groups in total. The van der Waals surface area contributed by atoms with Crippen LogP contribution < -0.4 is 10.1 Å². The van der Waals surface area contributed by atoms with Crippen LogP contribution in [0.2, 0.25) is 0 Å². The molecular formula is C22H24N2O3. The van der Waals surface area contributed by atoms with Crippen LogP contribution in [0.1, 0.15) is 30.9 Å². The lowest BCUT2D eigenvalue weighted by Crippen LogP contribution is -2.39. The van der Waals surface area contributed by atoms with E-state index in [1.54, 1.807) is 6.92 Å². The summed E-state index contributed by atoms with van der Waals surface area (Å²) in [4.78, 5) is 26.6. The standard InChI is InChI=1S/C22H24N2O3/c1-15-22(26)24(12-11-16-5-3-2-4-6-16)14-18-13-19(9-10-20(18)27-15)23-21(25)17-7-8-17/h2-6,9-10,13,15,17H,7-8,11-12,14H2,1H3,(H,23,25). The van der Waals surface area contributed by atoms with E-state index >= 15 is 0 Å². The predicted molar refractivity (Wildman–Crippen MR) is 103 cm³/mol. The van der Waals surface area contributed by atoms with Gasteiger partial charge in [-0.3, -0.25) is 9.59 Å². The molecule has 2 aliphatic rings. The van der Waals surface area contributed by atoms with E-state index in [1.165, 1.54) is 5.56 Å². The molecule has 0 bridgehead atoms. The Labute approximate surface area is 159 Å². The van der Waals surface area contributed by atoms with Crippen molar-refractivity contribution < 1.29 is 14.3 Å². The molecule has 0 aromatic heterocycles. The number of ether oxygens (including phenoxy) is 1. The van der Waals surface area contributed by atoms with Gasteiger partial charge in [0.1, 0.15) is 5.75 Å². The highest BCUT2D eigenvalue weighted by Crippen LogP contribution is 2.32. The van der Waals surface area contributed by atoms with Crippen LogP contribution in [0.15, 0.2) is 48.5 Å². The van der Waals surface area contributed by atoms with E-state index in [1.807, 2.05) is 41.3 Å². The van der Waals surface area contributed by atoms with E-state index < -0.39 is 6.10 Å². The molecule has 1 unspecified atom stereocenters. The van der Waals surface area contributed by atoms with Crippen molar-refractivity contribution in [2.45, 2.75) is 38.8 Å². The number of hydrogen-bond donors (Lipinski definition) is 1. The van der Waals surface area contributed by atoms with Crippen LogP contribution in [0.25, 0.3) is 0 Å². The molecule has 0 saturated heterocycles. The van der Waals surface area contributed by atoms with Crippen LogP contribution >= 0.6 is 0 Å². The highest BCUT2D eigenvalue weighted by molar-refractivity contribution is 5.94. The Kier molecular flexibility index (Phi) is 4.84.